The highest BCUT2D eigenvalue weighted by Crippen LogP contribution is 2.26. The van der Waals surface area contributed by atoms with Crippen LogP contribution in [0.3, 0.4) is 0 Å². The number of esters is 1. The van der Waals surface area contributed by atoms with E-state index in [0.717, 1.165) is 70.6 Å². The zero-order chi connectivity index (χ0) is 49.5. The van der Waals surface area contributed by atoms with Crippen molar-refractivity contribution in [2.24, 2.45) is 0 Å². The predicted molar refractivity (Wildman–Crippen MR) is 266 cm³/mol. The van der Waals surface area contributed by atoms with Gasteiger partial charge in [0.2, 0.25) is 0 Å². The minimum atomic E-state index is -1.71. The summed E-state index contributed by atoms with van der Waals surface area (Å²) in [6.07, 6.45) is 31.7. The molecule has 0 aromatic carbocycles. The SMILES string of the molecule is CC/C=C\C/C=C\C/C=C\C/C=C\CCCCCOCC(COC1OC(COC2OC(CO)C(O)C(O)C2O)C(O)C(O)C1O)OC(=O)CCCCCCCCCCCCCCCCCCCC. The minimum Gasteiger partial charge on any atom is -0.457 e. The van der Waals surface area contributed by atoms with Gasteiger partial charge in [-0.3, -0.25) is 4.79 Å². The van der Waals surface area contributed by atoms with Gasteiger partial charge in [-0.1, -0.05) is 178 Å². The van der Waals surface area contributed by atoms with Gasteiger partial charge >= 0.3 is 5.97 Å². The van der Waals surface area contributed by atoms with E-state index in [0.29, 0.717) is 13.0 Å². The topological polar surface area (TPSA) is 214 Å². The van der Waals surface area contributed by atoms with Gasteiger partial charge in [-0.2, -0.15) is 0 Å². The van der Waals surface area contributed by atoms with Gasteiger partial charge < -0.3 is 64.2 Å². The van der Waals surface area contributed by atoms with Crippen LogP contribution in [-0.4, -0.2) is 142 Å². The Kier molecular flexibility index (Phi) is 37.9. The fourth-order valence-electron chi connectivity index (χ4n) is 8.28. The molecule has 0 aromatic rings. The van der Waals surface area contributed by atoms with Crippen molar-refractivity contribution in [2.75, 3.05) is 33.0 Å². The zero-order valence-corrected chi connectivity index (χ0v) is 42.1. The normalized spacial score (nSPS) is 26.2. The summed E-state index contributed by atoms with van der Waals surface area (Å²) in [5, 5.41) is 72.2. The van der Waals surface area contributed by atoms with Gasteiger partial charge in [0, 0.05) is 13.0 Å². The molecule has 14 nitrogen and oxygen atoms in total. The molecule has 2 aliphatic heterocycles. The van der Waals surface area contributed by atoms with Crippen LogP contribution in [0.2, 0.25) is 0 Å². The third kappa shape index (κ3) is 28.7. The summed E-state index contributed by atoms with van der Waals surface area (Å²) in [5.74, 6) is -0.386. The van der Waals surface area contributed by atoms with Crippen molar-refractivity contribution >= 4 is 5.97 Å². The third-order valence-corrected chi connectivity index (χ3v) is 12.6. The summed E-state index contributed by atoms with van der Waals surface area (Å²) in [4.78, 5) is 13.0. The summed E-state index contributed by atoms with van der Waals surface area (Å²) < 4.78 is 34.3. The molecule has 0 radical (unpaired) electrons. The monoisotopic (exact) mass is 969 g/mol. The van der Waals surface area contributed by atoms with Gasteiger partial charge in [0.1, 0.15) is 54.9 Å². The van der Waals surface area contributed by atoms with Crippen LogP contribution in [0, 0.1) is 0 Å². The van der Waals surface area contributed by atoms with Crippen LogP contribution in [0.15, 0.2) is 48.6 Å². The molecule has 2 aliphatic rings. The van der Waals surface area contributed by atoms with Crippen molar-refractivity contribution in [3.63, 3.8) is 0 Å². The Morgan fingerprint density at radius 3 is 1.49 bits per heavy atom. The molecule has 2 rings (SSSR count). The maximum absolute atomic E-state index is 13.0. The van der Waals surface area contributed by atoms with Crippen molar-refractivity contribution < 1.29 is 69.0 Å². The molecule has 0 saturated carbocycles. The van der Waals surface area contributed by atoms with Gasteiger partial charge in [-0.05, 0) is 51.4 Å². The summed E-state index contributed by atoms with van der Waals surface area (Å²) in [6, 6.07) is 0. The first kappa shape index (κ1) is 62.1. The van der Waals surface area contributed by atoms with Crippen LogP contribution in [0.25, 0.3) is 0 Å². The summed E-state index contributed by atoms with van der Waals surface area (Å²) in [6.45, 7) is 3.51. The van der Waals surface area contributed by atoms with Crippen molar-refractivity contribution in [1.29, 1.82) is 0 Å². The second-order valence-electron chi connectivity index (χ2n) is 18.7. The van der Waals surface area contributed by atoms with E-state index in [-0.39, 0.29) is 25.6 Å². The molecule has 0 spiro atoms. The number of aliphatic hydroxyl groups is 7. The molecule has 0 bridgehead atoms. The third-order valence-electron chi connectivity index (χ3n) is 12.6. The van der Waals surface area contributed by atoms with Crippen LogP contribution in [-0.2, 0) is 33.2 Å². The maximum Gasteiger partial charge on any atom is 0.306 e. The van der Waals surface area contributed by atoms with E-state index in [1.165, 1.54) is 89.9 Å². The van der Waals surface area contributed by atoms with E-state index in [1.807, 2.05) is 0 Å². The Morgan fingerprint density at radius 2 is 0.956 bits per heavy atom. The number of hydrogen-bond acceptors (Lipinski definition) is 14. The Labute approximate surface area is 410 Å². The first-order valence-electron chi connectivity index (χ1n) is 26.7. The van der Waals surface area contributed by atoms with E-state index in [4.69, 9.17) is 28.4 Å². The second kappa shape index (κ2) is 41.6. The lowest BCUT2D eigenvalue weighted by Crippen LogP contribution is -2.61. The molecule has 2 saturated heterocycles. The Morgan fingerprint density at radius 1 is 0.500 bits per heavy atom. The lowest BCUT2D eigenvalue weighted by molar-refractivity contribution is -0.332. The van der Waals surface area contributed by atoms with Crippen LogP contribution < -0.4 is 0 Å². The van der Waals surface area contributed by atoms with Crippen LogP contribution in [0.1, 0.15) is 187 Å². The number of rotatable bonds is 42. The Balaban J connectivity index is 1.76. The highest BCUT2D eigenvalue weighted by atomic mass is 16.7. The van der Waals surface area contributed by atoms with Crippen molar-refractivity contribution in [1.82, 2.24) is 0 Å². The van der Waals surface area contributed by atoms with E-state index in [2.05, 4.69) is 62.5 Å². The van der Waals surface area contributed by atoms with Gasteiger partial charge in [-0.15, -0.1) is 0 Å². The number of ether oxygens (including phenoxy) is 6. The number of aliphatic hydroxyl groups excluding tert-OH is 7. The molecular weight excluding hydrogens is 873 g/mol. The summed E-state index contributed by atoms with van der Waals surface area (Å²) in [7, 11) is 0. The minimum absolute atomic E-state index is 0.0410. The highest BCUT2D eigenvalue weighted by Gasteiger charge is 2.47. The van der Waals surface area contributed by atoms with Gasteiger partial charge in [0.15, 0.2) is 12.6 Å². The average Bonchev–Trinajstić information content (AvgIpc) is 3.33. The molecular formula is C54H96O14. The first-order chi connectivity index (χ1) is 33.1. The highest BCUT2D eigenvalue weighted by molar-refractivity contribution is 5.69. The molecule has 0 aromatic heterocycles. The molecule has 11 unspecified atom stereocenters. The number of allylic oxidation sites excluding steroid dienone is 8. The second-order valence-corrected chi connectivity index (χ2v) is 18.7. The quantitative estimate of drug-likeness (QED) is 0.0174. The van der Waals surface area contributed by atoms with Gasteiger partial charge in [0.25, 0.3) is 0 Å². The smallest absolute Gasteiger partial charge is 0.306 e. The molecule has 68 heavy (non-hydrogen) atoms. The first-order valence-corrected chi connectivity index (χ1v) is 26.7. The standard InChI is InChI=1S/C54H96O14/c1-3-5-7-9-11-13-15-17-19-21-22-23-25-27-29-31-33-35-37-46(56)66-43(40-63-38-36-34-32-30-28-26-24-20-18-16-14-12-10-8-6-4-2)41-64-53-52(62)50(60)48(58)45(68-53)42-65-54-51(61)49(59)47(57)44(39-55)67-54/h6,8,12,14,18,20,26,28,43-45,47-55,57-62H,3-5,7,9-11,13,15-17,19,21-25,27,29-42H2,1-2H3/b8-6-,14-12-,20-18-,28-26-. The molecule has 11 atom stereocenters. The molecule has 0 aliphatic carbocycles. The fourth-order valence-corrected chi connectivity index (χ4v) is 8.28. The Bertz CT molecular complexity index is 1310. The predicted octanol–water partition coefficient (Wildman–Crippen LogP) is 8.35. The van der Waals surface area contributed by atoms with Crippen LogP contribution >= 0.6 is 0 Å². The molecule has 2 heterocycles. The van der Waals surface area contributed by atoms with Gasteiger partial charge in [-0.25, -0.2) is 0 Å². The lowest BCUT2D eigenvalue weighted by atomic mass is 9.98. The molecule has 7 N–H and O–H groups in total. The van der Waals surface area contributed by atoms with Crippen LogP contribution in [0.5, 0.6) is 0 Å². The fraction of sp³-hybridized carbons (Fsp3) is 0.833. The van der Waals surface area contributed by atoms with Crippen molar-refractivity contribution in [3.05, 3.63) is 48.6 Å². The molecule has 14 heteroatoms. The lowest BCUT2D eigenvalue weighted by Gasteiger charge is -2.42. The summed E-state index contributed by atoms with van der Waals surface area (Å²) >= 11 is 0. The van der Waals surface area contributed by atoms with E-state index in [9.17, 15) is 40.5 Å². The summed E-state index contributed by atoms with van der Waals surface area (Å²) in [5.41, 5.74) is 0. The van der Waals surface area contributed by atoms with E-state index in [1.54, 1.807) is 0 Å². The van der Waals surface area contributed by atoms with Crippen molar-refractivity contribution in [2.45, 2.75) is 255 Å². The molecule has 2 fully saturated rings. The number of unbranched alkanes of at least 4 members (excludes halogenated alkanes) is 20. The van der Waals surface area contributed by atoms with Gasteiger partial charge in [0.05, 0.1) is 26.4 Å². The van der Waals surface area contributed by atoms with E-state index < -0.39 is 80.7 Å². The average molecular weight is 969 g/mol. The van der Waals surface area contributed by atoms with E-state index >= 15 is 0 Å². The van der Waals surface area contributed by atoms with Crippen molar-refractivity contribution in [3.8, 4) is 0 Å². The maximum atomic E-state index is 13.0. The number of carbonyl (C=O) groups is 1. The number of hydrogen-bond donors (Lipinski definition) is 7. The largest absolute Gasteiger partial charge is 0.457 e. The Hall–Kier alpha value is -2.05. The van der Waals surface area contributed by atoms with Crippen LogP contribution in [0.4, 0.5) is 0 Å². The molecule has 396 valence electrons. The number of carbonyl (C=O) groups excluding carboxylic acids is 1. The molecule has 0 amide bonds. The zero-order valence-electron chi connectivity index (χ0n) is 42.1.